The van der Waals surface area contributed by atoms with Gasteiger partial charge in [0, 0.05) is 12.1 Å². The first-order valence-electron chi connectivity index (χ1n) is 7.99. The molecule has 0 unspecified atom stereocenters. The monoisotopic (exact) mass is 255 g/mol. The Hall–Kier alpha value is -0.820. The number of hydrogen-bond acceptors (Lipinski definition) is 1. The Morgan fingerprint density at radius 1 is 0.947 bits per heavy atom. The molecule has 0 spiro atoms. The Balaban J connectivity index is 1.55. The van der Waals surface area contributed by atoms with Crippen molar-refractivity contribution in [1.82, 2.24) is 4.90 Å². The quantitative estimate of drug-likeness (QED) is 0.786. The number of rotatable bonds is 3. The second-order valence-electron chi connectivity index (χ2n) is 7.48. The standard InChI is InChI=1S/C18H25N/c1-19(13-14-5-3-2-4-6-14)18-10-15-7-16(11-18)9-17(8-15)12-18/h2-6,15-17H,7-13H2,1H3. The van der Waals surface area contributed by atoms with Crippen LogP contribution in [0.2, 0.25) is 0 Å². The van der Waals surface area contributed by atoms with Gasteiger partial charge in [-0.2, -0.15) is 0 Å². The Morgan fingerprint density at radius 2 is 1.47 bits per heavy atom. The Kier molecular flexibility index (Phi) is 2.73. The van der Waals surface area contributed by atoms with Crippen LogP contribution < -0.4 is 0 Å². The van der Waals surface area contributed by atoms with E-state index in [1.54, 1.807) is 0 Å². The molecule has 1 nitrogen and oxygen atoms in total. The second-order valence-corrected chi connectivity index (χ2v) is 7.48. The van der Waals surface area contributed by atoms with Crippen LogP contribution in [-0.2, 0) is 6.54 Å². The minimum Gasteiger partial charge on any atom is -0.296 e. The highest BCUT2D eigenvalue weighted by Gasteiger charge is 2.52. The van der Waals surface area contributed by atoms with Gasteiger partial charge in [-0.05, 0) is 68.9 Å². The van der Waals surface area contributed by atoms with E-state index >= 15 is 0 Å². The molecule has 1 heteroatoms. The molecule has 4 fully saturated rings. The predicted octanol–water partition coefficient (Wildman–Crippen LogP) is 4.09. The van der Waals surface area contributed by atoms with Crippen molar-refractivity contribution in [3.05, 3.63) is 35.9 Å². The molecule has 1 aromatic rings. The lowest BCUT2D eigenvalue weighted by Crippen LogP contribution is -2.58. The summed E-state index contributed by atoms with van der Waals surface area (Å²) in [6.45, 7) is 1.13. The van der Waals surface area contributed by atoms with E-state index in [0.29, 0.717) is 5.54 Å². The third kappa shape index (κ3) is 2.03. The second kappa shape index (κ2) is 4.34. The first-order valence-corrected chi connectivity index (χ1v) is 7.99. The SMILES string of the molecule is CN(Cc1ccccc1)C12CC3CC(CC(C3)C1)C2. The van der Waals surface area contributed by atoms with Gasteiger partial charge in [0.2, 0.25) is 0 Å². The average molecular weight is 255 g/mol. The molecular formula is C18H25N. The molecule has 4 bridgehead atoms. The Labute approximate surface area is 117 Å². The minimum atomic E-state index is 0.546. The van der Waals surface area contributed by atoms with Crippen molar-refractivity contribution in [3.8, 4) is 0 Å². The summed E-state index contributed by atoms with van der Waals surface area (Å²) in [6.07, 6.45) is 9.04. The summed E-state index contributed by atoms with van der Waals surface area (Å²) in [6, 6.07) is 11.0. The first-order chi connectivity index (χ1) is 9.23. The number of nitrogens with zero attached hydrogens (tertiary/aromatic N) is 1. The molecular weight excluding hydrogens is 230 g/mol. The number of hydrogen-bond donors (Lipinski definition) is 0. The summed E-state index contributed by atoms with van der Waals surface area (Å²) < 4.78 is 0. The minimum absolute atomic E-state index is 0.546. The van der Waals surface area contributed by atoms with Crippen LogP contribution >= 0.6 is 0 Å². The third-order valence-electron chi connectivity index (χ3n) is 6.08. The molecule has 1 aromatic carbocycles. The molecule has 102 valence electrons. The molecule has 4 aliphatic carbocycles. The van der Waals surface area contributed by atoms with Gasteiger partial charge in [0.1, 0.15) is 0 Å². The molecule has 0 saturated heterocycles. The zero-order chi connectivity index (χ0) is 12.9. The number of benzene rings is 1. The molecule has 0 N–H and O–H groups in total. The van der Waals surface area contributed by atoms with Crippen molar-refractivity contribution in [2.75, 3.05) is 7.05 Å². The molecule has 0 atom stereocenters. The summed E-state index contributed by atoms with van der Waals surface area (Å²) in [5.41, 5.74) is 2.02. The highest BCUT2D eigenvalue weighted by molar-refractivity contribution is 5.16. The van der Waals surface area contributed by atoms with Crippen LogP contribution in [0, 0.1) is 17.8 Å². The molecule has 0 aliphatic heterocycles. The normalized spacial score (nSPS) is 40.0. The van der Waals surface area contributed by atoms with Gasteiger partial charge in [0.15, 0.2) is 0 Å². The lowest BCUT2D eigenvalue weighted by atomic mass is 9.52. The summed E-state index contributed by atoms with van der Waals surface area (Å²) in [7, 11) is 2.38. The molecule has 4 aliphatic rings. The van der Waals surface area contributed by atoms with Crippen LogP contribution in [0.15, 0.2) is 30.3 Å². The molecule has 0 radical (unpaired) electrons. The zero-order valence-corrected chi connectivity index (χ0v) is 12.0. The summed E-state index contributed by atoms with van der Waals surface area (Å²) >= 11 is 0. The fraction of sp³-hybridized carbons (Fsp3) is 0.667. The van der Waals surface area contributed by atoms with E-state index in [2.05, 4.69) is 42.3 Å². The van der Waals surface area contributed by atoms with Gasteiger partial charge in [-0.25, -0.2) is 0 Å². The molecule has 0 amide bonds. The Morgan fingerprint density at radius 3 is 2.00 bits per heavy atom. The van der Waals surface area contributed by atoms with Crippen LogP contribution in [0.3, 0.4) is 0 Å². The van der Waals surface area contributed by atoms with E-state index in [1.165, 1.54) is 44.1 Å². The van der Waals surface area contributed by atoms with Gasteiger partial charge in [0.05, 0.1) is 0 Å². The molecule has 0 aromatic heterocycles. The third-order valence-corrected chi connectivity index (χ3v) is 6.08. The van der Waals surface area contributed by atoms with Crippen molar-refractivity contribution >= 4 is 0 Å². The molecule has 19 heavy (non-hydrogen) atoms. The average Bonchev–Trinajstić information content (AvgIpc) is 2.38. The van der Waals surface area contributed by atoms with Crippen LogP contribution in [0.1, 0.15) is 44.1 Å². The first kappa shape index (κ1) is 12.0. The predicted molar refractivity (Wildman–Crippen MR) is 78.8 cm³/mol. The van der Waals surface area contributed by atoms with Gasteiger partial charge in [-0.1, -0.05) is 30.3 Å². The van der Waals surface area contributed by atoms with Crippen molar-refractivity contribution in [1.29, 1.82) is 0 Å². The maximum absolute atomic E-state index is 2.70. The van der Waals surface area contributed by atoms with E-state index in [1.807, 2.05) is 0 Å². The molecule has 5 rings (SSSR count). The largest absolute Gasteiger partial charge is 0.296 e. The summed E-state index contributed by atoms with van der Waals surface area (Å²) in [5.74, 6) is 3.14. The highest BCUT2D eigenvalue weighted by Crippen LogP contribution is 2.57. The van der Waals surface area contributed by atoms with E-state index < -0.39 is 0 Å². The van der Waals surface area contributed by atoms with Crippen LogP contribution in [-0.4, -0.2) is 17.5 Å². The van der Waals surface area contributed by atoms with Crippen molar-refractivity contribution in [2.45, 2.75) is 50.6 Å². The topological polar surface area (TPSA) is 3.24 Å². The van der Waals surface area contributed by atoms with Gasteiger partial charge in [-0.3, -0.25) is 4.90 Å². The van der Waals surface area contributed by atoms with Gasteiger partial charge in [0.25, 0.3) is 0 Å². The molecule has 0 heterocycles. The van der Waals surface area contributed by atoms with E-state index in [0.717, 1.165) is 24.3 Å². The van der Waals surface area contributed by atoms with Crippen molar-refractivity contribution in [2.24, 2.45) is 17.8 Å². The van der Waals surface area contributed by atoms with Crippen LogP contribution in [0.5, 0.6) is 0 Å². The van der Waals surface area contributed by atoms with E-state index in [9.17, 15) is 0 Å². The maximum atomic E-state index is 2.70. The highest BCUT2D eigenvalue weighted by atomic mass is 15.2. The van der Waals surface area contributed by atoms with Gasteiger partial charge >= 0.3 is 0 Å². The van der Waals surface area contributed by atoms with E-state index in [4.69, 9.17) is 0 Å². The van der Waals surface area contributed by atoms with Crippen LogP contribution in [0.4, 0.5) is 0 Å². The molecule has 4 saturated carbocycles. The van der Waals surface area contributed by atoms with Crippen LogP contribution in [0.25, 0.3) is 0 Å². The Bertz CT molecular complexity index is 415. The maximum Gasteiger partial charge on any atom is 0.0236 e. The fourth-order valence-electron chi connectivity index (χ4n) is 5.56. The lowest BCUT2D eigenvalue weighted by molar-refractivity contribution is -0.0822. The lowest BCUT2D eigenvalue weighted by Gasteiger charge is -2.60. The fourth-order valence-corrected chi connectivity index (χ4v) is 5.56. The summed E-state index contributed by atoms with van der Waals surface area (Å²) in [4.78, 5) is 2.70. The van der Waals surface area contributed by atoms with Crippen molar-refractivity contribution in [3.63, 3.8) is 0 Å². The smallest absolute Gasteiger partial charge is 0.0236 e. The summed E-state index contributed by atoms with van der Waals surface area (Å²) in [5, 5.41) is 0. The van der Waals surface area contributed by atoms with Crippen molar-refractivity contribution < 1.29 is 0 Å². The van der Waals surface area contributed by atoms with E-state index in [-0.39, 0.29) is 0 Å². The zero-order valence-electron chi connectivity index (χ0n) is 12.0. The van der Waals surface area contributed by atoms with Gasteiger partial charge in [-0.15, -0.1) is 0 Å². The van der Waals surface area contributed by atoms with Gasteiger partial charge < -0.3 is 0 Å².